The highest BCUT2D eigenvalue weighted by Crippen LogP contribution is 2.31. The van der Waals surface area contributed by atoms with E-state index in [-0.39, 0.29) is 6.23 Å². The molecule has 1 aliphatic carbocycles. The zero-order chi connectivity index (χ0) is 7.72. The predicted octanol–water partition coefficient (Wildman–Crippen LogP) is 1.05. The van der Waals surface area contributed by atoms with Crippen LogP contribution in [-0.2, 0) is 0 Å². The first-order valence-corrected chi connectivity index (χ1v) is 4.03. The smallest absolute Gasteiger partial charge is 0.104 e. The minimum atomic E-state index is -0.284. The second-order valence-electron chi connectivity index (χ2n) is 3.42. The van der Waals surface area contributed by atoms with Gasteiger partial charge in [0, 0.05) is 6.04 Å². The zero-order valence-corrected chi connectivity index (χ0v) is 7.04. The van der Waals surface area contributed by atoms with E-state index in [1.54, 1.807) is 0 Å². The van der Waals surface area contributed by atoms with Gasteiger partial charge in [-0.2, -0.15) is 0 Å². The van der Waals surface area contributed by atoms with Gasteiger partial charge in [-0.1, -0.05) is 6.92 Å². The summed E-state index contributed by atoms with van der Waals surface area (Å²) in [6, 6.07) is 0.625. The second kappa shape index (κ2) is 2.89. The molecule has 1 aliphatic rings. The Morgan fingerprint density at radius 2 is 2.10 bits per heavy atom. The molecule has 2 heteroatoms. The molecule has 1 N–H and O–H groups in total. The first-order valence-electron chi connectivity index (χ1n) is 4.03. The Hall–Kier alpha value is -0.0800. The average molecular weight is 143 g/mol. The van der Waals surface area contributed by atoms with E-state index in [0.717, 1.165) is 5.92 Å². The van der Waals surface area contributed by atoms with Gasteiger partial charge >= 0.3 is 0 Å². The van der Waals surface area contributed by atoms with E-state index in [9.17, 15) is 5.11 Å². The molecule has 0 aromatic heterocycles. The van der Waals surface area contributed by atoms with E-state index in [1.807, 2.05) is 18.9 Å². The third-order valence-electron chi connectivity index (χ3n) is 2.69. The van der Waals surface area contributed by atoms with Crippen molar-refractivity contribution in [3.63, 3.8) is 0 Å². The molecule has 60 valence electrons. The highest BCUT2D eigenvalue weighted by atomic mass is 16.3. The molecule has 0 saturated heterocycles. The van der Waals surface area contributed by atoms with Crippen molar-refractivity contribution in [2.75, 3.05) is 7.05 Å². The molecule has 1 saturated carbocycles. The Kier molecular flexibility index (Phi) is 2.32. The third kappa shape index (κ3) is 1.32. The Morgan fingerprint density at radius 3 is 2.20 bits per heavy atom. The maximum atomic E-state index is 9.20. The highest BCUT2D eigenvalue weighted by molar-refractivity contribution is 4.84. The quantitative estimate of drug-likeness (QED) is 0.584. The van der Waals surface area contributed by atoms with Crippen LogP contribution in [-0.4, -0.2) is 29.3 Å². The lowest BCUT2D eigenvalue weighted by atomic mass is 9.80. The van der Waals surface area contributed by atoms with Gasteiger partial charge in [0.15, 0.2) is 0 Å². The van der Waals surface area contributed by atoms with Crippen LogP contribution in [0.1, 0.15) is 26.7 Å². The van der Waals surface area contributed by atoms with Gasteiger partial charge in [0.2, 0.25) is 0 Å². The largest absolute Gasteiger partial charge is 0.379 e. The molecule has 1 rings (SSSR count). The lowest BCUT2D eigenvalue weighted by Crippen LogP contribution is -2.47. The molecule has 0 spiro atoms. The number of rotatable bonds is 2. The van der Waals surface area contributed by atoms with E-state index < -0.39 is 0 Å². The van der Waals surface area contributed by atoms with Gasteiger partial charge in [0.25, 0.3) is 0 Å². The van der Waals surface area contributed by atoms with E-state index in [2.05, 4.69) is 6.92 Å². The molecule has 0 radical (unpaired) electrons. The van der Waals surface area contributed by atoms with Crippen molar-refractivity contribution in [1.82, 2.24) is 4.90 Å². The summed E-state index contributed by atoms with van der Waals surface area (Å²) in [5, 5.41) is 9.20. The molecule has 2 nitrogen and oxygen atoms in total. The van der Waals surface area contributed by atoms with Crippen LogP contribution in [0, 0.1) is 5.92 Å². The fourth-order valence-corrected chi connectivity index (χ4v) is 1.53. The molecular formula is C8H17NO. The standard InChI is InChI=1S/C8H17NO/c1-6-4-5-8(6)9(3)7(2)10/h6-8,10H,4-5H2,1-3H3. The Bertz CT molecular complexity index is 109. The number of hydrogen-bond donors (Lipinski definition) is 1. The highest BCUT2D eigenvalue weighted by Gasteiger charge is 2.31. The molecule has 0 bridgehead atoms. The Balaban J connectivity index is 2.34. The van der Waals surface area contributed by atoms with E-state index in [1.165, 1.54) is 12.8 Å². The lowest BCUT2D eigenvalue weighted by Gasteiger charge is -2.42. The van der Waals surface area contributed by atoms with Gasteiger partial charge in [-0.05, 0) is 32.7 Å². The zero-order valence-electron chi connectivity index (χ0n) is 7.04. The molecule has 0 aromatic carbocycles. The van der Waals surface area contributed by atoms with Crippen LogP contribution in [0.5, 0.6) is 0 Å². The van der Waals surface area contributed by atoms with Crippen molar-refractivity contribution in [3.8, 4) is 0 Å². The van der Waals surface area contributed by atoms with Crippen molar-refractivity contribution >= 4 is 0 Å². The minimum absolute atomic E-state index is 0.284. The predicted molar refractivity (Wildman–Crippen MR) is 41.6 cm³/mol. The first kappa shape index (κ1) is 8.02. The Morgan fingerprint density at radius 1 is 1.50 bits per heavy atom. The molecule has 0 heterocycles. The maximum absolute atomic E-state index is 9.20. The monoisotopic (exact) mass is 143 g/mol. The summed E-state index contributed by atoms with van der Waals surface area (Å²) < 4.78 is 0. The molecule has 10 heavy (non-hydrogen) atoms. The van der Waals surface area contributed by atoms with Crippen LogP contribution in [0.4, 0.5) is 0 Å². The van der Waals surface area contributed by atoms with Gasteiger partial charge in [-0.3, -0.25) is 4.90 Å². The maximum Gasteiger partial charge on any atom is 0.104 e. The molecule has 3 unspecified atom stereocenters. The summed E-state index contributed by atoms with van der Waals surface area (Å²) in [6.07, 6.45) is 2.29. The van der Waals surface area contributed by atoms with Crippen LogP contribution in [0.25, 0.3) is 0 Å². The van der Waals surface area contributed by atoms with Crippen LogP contribution >= 0.6 is 0 Å². The molecule has 0 aliphatic heterocycles. The molecule has 1 fully saturated rings. The normalized spacial score (nSPS) is 35.7. The fraction of sp³-hybridized carbons (Fsp3) is 1.00. The molecule has 0 amide bonds. The molecular weight excluding hydrogens is 126 g/mol. The minimum Gasteiger partial charge on any atom is -0.379 e. The van der Waals surface area contributed by atoms with E-state index in [4.69, 9.17) is 0 Å². The average Bonchev–Trinajstić information content (AvgIpc) is 1.84. The Labute approximate surface area is 62.8 Å². The molecule has 3 atom stereocenters. The number of hydrogen-bond acceptors (Lipinski definition) is 2. The summed E-state index contributed by atoms with van der Waals surface area (Å²) in [7, 11) is 1.99. The van der Waals surface area contributed by atoms with Crippen molar-refractivity contribution in [2.45, 2.75) is 39.0 Å². The summed E-state index contributed by atoms with van der Waals surface area (Å²) in [5.74, 6) is 0.777. The second-order valence-corrected chi connectivity index (χ2v) is 3.42. The van der Waals surface area contributed by atoms with Crippen molar-refractivity contribution in [2.24, 2.45) is 5.92 Å². The topological polar surface area (TPSA) is 23.5 Å². The van der Waals surface area contributed by atoms with Crippen molar-refractivity contribution in [1.29, 1.82) is 0 Å². The van der Waals surface area contributed by atoms with Gasteiger partial charge in [0.05, 0.1) is 0 Å². The summed E-state index contributed by atoms with van der Waals surface area (Å²) in [6.45, 7) is 4.07. The first-order chi connectivity index (χ1) is 4.63. The third-order valence-corrected chi connectivity index (χ3v) is 2.69. The number of nitrogens with zero attached hydrogens (tertiary/aromatic N) is 1. The van der Waals surface area contributed by atoms with Gasteiger partial charge in [-0.25, -0.2) is 0 Å². The SMILES string of the molecule is CC1CCC1N(C)C(C)O. The van der Waals surface area contributed by atoms with Gasteiger partial charge in [0.1, 0.15) is 6.23 Å². The van der Waals surface area contributed by atoms with Crippen LogP contribution in [0.3, 0.4) is 0 Å². The van der Waals surface area contributed by atoms with Gasteiger partial charge < -0.3 is 5.11 Å². The fourth-order valence-electron chi connectivity index (χ4n) is 1.53. The van der Waals surface area contributed by atoms with Crippen LogP contribution in [0.2, 0.25) is 0 Å². The number of aliphatic hydroxyl groups is 1. The van der Waals surface area contributed by atoms with E-state index in [0.29, 0.717) is 6.04 Å². The number of aliphatic hydroxyl groups excluding tert-OH is 1. The van der Waals surface area contributed by atoms with Crippen LogP contribution < -0.4 is 0 Å². The summed E-state index contributed by atoms with van der Waals surface area (Å²) in [4.78, 5) is 2.05. The van der Waals surface area contributed by atoms with Gasteiger partial charge in [-0.15, -0.1) is 0 Å². The summed E-state index contributed by atoms with van der Waals surface area (Å²) in [5.41, 5.74) is 0. The summed E-state index contributed by atoms with van der Waals surface area (Å²) >= 11 is 0. The van der Waals surface area contributed by atoms with Crippen LogP contribution in [0.15, 0.2) is 0 Å². The molecule has 0 aromatic rings. The van der Waals surface area contributed by atoms with Crippen molar-refractivity contribution < 1.29 is 5.11 Å². The van der Waals surface area contributed by atoms with E-state index >= 15 is 0 Å². The lowest BCUT2D eigenvalue weighted by molar-refractivity contribution is -0.0371. The van der Waals surface area contributed by atoms with Crippen molar-refractivity contribution in [3.05, 3.63) is 0 Å².